The predicted octanol–water partition coefficient (Wildman–Crippen LogP) is 5.96. The quantitative estimate of drug-likeness (QED) is 0.582. The standard InChI is InChI=1S/C24H26N2/c1-2-19-18-25-22(17-24(19)26-15-6-3-7-16-26)14-13-21-11-8-10-20-9-4-5-12-23(20)21/h4-5,8-14,17-18H,2-3,6-7,15-16H2,1H3. The Hall–Kier alpha value is -2.61. The van der Waals surface area contributed by atoms with Crippen LogP contribution in [0.2, 0.25) is 0 Å². The number of benzene rings is 2. The molecule has 2 aromatic carbocycles. The highest BCUT2D eigenvalue weighted by atomic mass is 15.1. The van der Waals surface area contributed by atoms with Crippen molar-refractivity contribution in [2.24, 2.45) is 0 Å². The van der Waals surface area contributed by atoms with Crippen molar-refractivity contribution < 1.29 is 0 Å². The molecular formula is C24H26N2. The number of aromatic nitrogens is 1. The number of pyridine rings is 1. The normalized spacial score (nSPS) is 15.0. The second-order valence-corrected chi connectivity index (χ2v) is 7.04. The number of rotatable bonds is 4. The van der Waals surface area contributed by atoms with Crippen LogP contribution in [0.25, 0.3) is 22.9 Å². The summed E-state index contributed by atoms with van der Waals surface area (Å²) in [5.74, 6) is 0. The Morgan fingerprint density at radius 2 is 1.77 bits per heavy atom. The lowest BCUT2D eigenvalue weighted by Gasteiger charge is -2.30. The van der Waals surface area contributed by atoms with Crippen LogP contribution in [0, 0.1) is 0 Å². The van der Waals surface area contributed by atoms with Gasteiger partial charge in [-0.2, -0.15) is 0 Å². The smallest absolute Gasteiger partial charge is 0.0650 e. The van der Waals surface area contributed by atoms with Gasteiger partial charge in [0, 0.05) is 25.0 Å². The molecule has 1 aliphatic heterocycles. The Balaban J connectivity index is 1.66. The summed E-state index contributed by atoms with van der Waals surface area (Å²) >= 11 is 0. The van der Waals surface area contributed by atoms with Crippen LogP contribution in [0.1, 0.15) is 43.0 Å². The third-order valence-corrected chi connectivity index (χ3v) is 5.32. The van der Waals surface area contributed by atoms with Gasteiger partial charge < -0.3 is 4.90 Å². The molecule has 2 heterocycles. The maximum Gasteiger partial charge on any atom is 0.0650 e. The maximum atomic E-state index is 4.69. The van der Waals surface area contributed by atoms with Crippen LogP contribution < -0.4 is 4.90 Å². The van der Waals surface area contributed by atoms with Crippen molar-refractivity contribution in [3.05, 3.63) is 71.5 Å². The van der Waals surface area contributed by atoms with Gasteiger partial charge in [-0.15, -0.1) is 0 Å². The molecule has 2 heteroatoms. The highest BCUT2D eigenvalue weighted by Crippen LogP contribution is 2.26. The molecule has 1 aromatic heterocycles. The Morgan fingerprint density at radius 3 is 2.62 bits per heavy atom. The average Bonchev–Trinajstić information content (AvgIpc) is 2.72. The van der Waals surface area contributed by atoms with Gasteiger partial charge in [-0.05, 0) is 59.7 Å². The molecular weight excluding hydrogens is 316 g/mol. The van der Waals surface area contributed by atoms with Crippen molar-refractivity contribution >= 4 is 28.6 Å². The zero-order valence-corrected chi connectivity index (χ0v) is 15.5. The highest BCUT2D eigenvalue weighted by Gasteiger charge is 2.14. The molecule has 0 saturated carbocycles. The van der Waals surface area contributed by atoms with Crippen LogP contribution in [0.5, 0.6) is 0 Å². The zero-order valence-electron chi connectivity index (χ0n) is 15.5. The third-order valence-electron chi connectivity index (χ3n) is 5.32. The topological polar surface area (TPSA) is 16.1 Å². The van der Waals surface area contributed by atoms with Crippen molar-refractivity contribution in [3.8, 4) is 0 Å². The number of hydrogen-bond donors (Lipinski definition) is 0. The summed E-state index contributed by atoms with van der Waals surface area (Å²) in [5.41, 5.74) is 5.01. The first-order valence-electron chi connectivity index (χ1n) is 9.75. The molecule has 0 radical (unpaired) electrons. The monoisotopic (exact) mass is 342 g/mol. The van der Waals surface area contributed by atoms with E-state index in [1.165, 1.54) is 59.9 Å². The minimum Gasteiger partial charge on any atom is -0.371 e. The molecule has 0 aliphatic carbocycles. The van der Waals surface area contributed by atoms with Gasteiger partial charge in [-0.3, -0.25) is 4.98 Å². The van der Waals surface area contributed by atoms with Crippen LogP contribution in [0.15, 0.2) is 54.7 Å². The molecule has 26 heavy (non-hydrogen) atoms. The fourth-order valence-electron chi connectivity index (χ4n) is 3.85. The zero-order chi connectivity index (χ0) is 17.8. The Labute approximate surface area is 156 Å². The van der Waals surface area contributed by atoms with Crippen molar-refractivity contribution in [1.82, 2.24) is 4.98 Å². The number of anilines is 1. The first-order valence-corrected chi connectivity index (χ1v) is 9.75. The van der Waals surface area contributed by atoms with Gasteiger partial charge in [-0.25, -0.2) is 0 Å². The summed E-state index contributed by atoms with van der Waals surface area (Å²) < 4.78 is 0. The number of fused-ring (bicyclic) bond motifs is 1. The van der Waals surface area contributed by atoms with Gasteiger partial charge in [-0.1, -0.05) is 55.5 Å². The van der Waals surface area contributed by atoms with Gasteiger partial charge in [0.15, 0.2) is 0 Å². The summed E-state index contributed by atoms with van der Waals surface area (Å²) in [6.45, 7) is 4.56. The lowest BCUT2D eigenvalue weighted by molar-refractivity contribution is 0.576. The fraction of sp³-hybridized carbons (Fsp3) is 0.292. The number of piperidine rings is 1. The van der Waals surface area contributed by atoms with E-state index in [4.69, 9.17) is 0 Å². The molecule has 1 fully saturated rings. The first-order chi connectivity index (χ1) is 12.8. The fourth-order valence-corrected chi connectivity index (χ4v) is 3.85. The second-order valence-electron chi connectivity index (χ2n) is 7.04. The SMILES string of the molecule is CCc1cnc(C=Cc2cccc3ccccc23)cc1N1CCCCC1. The maximum absolute atomic E-state index is 4.69. The van der Waals surface area contributed by atoms with Crippen LogP contribution in [0.3, 0.4) is 0 Å². The van der Waals surface area contributed by atoms with E-state index in [0.717, 1.165) is 12.1 Å². The predicted molar refractivity (Wildman–Crippen MR) is 113 cm³/mol. The first kappa shape index (κ1) is 16.8. The lowest BCUT2D eigenvalue weighted by atomic mass is 10.0. The third kappa shape index (κ3) is 3.50. The summed E-state index contributed by atoms with van der Waals surface area (Å²) in [5, 5.41) is 2.56. The number of hydrogen-bond acceptors (Lipinski definition) is 2. The van der Waals surface area contributed by atoms with Gasteiger partial charge in [0.25, 0.3) is 0 Å². The molecule has 0 amide bonds. The Morgan fingerprint density at radius 1 is 0.962 bits per heavy atom. The van der Waals surface area contributed by atoms with E-state index < -0.39 is 0 Å². The largest absolute Gasteiger partial charge is 0.371 e. The lowest BCUT2D eigenvalue weighted by Crippen LogP contribution is -2.30. The Bertz CT molecular complexity index is 915. The van der Waals surface area contributed by atoms with Gasteiger partial charge >= 0.3 is 0 Å². The van der Waals surface area contributed by atoms with Crippen molar-refractivity contribution in [3.63, 3.8) is 0 Å². The van der Waals surface area contributed by atoms with Gasteiger partial charge in [0.2, 0.25) is 0 Å². The van der Waals surface area contributed by atoms with Crippen LogP contribution in [-0.2, 0) is 6.42 Å². The van der Waals surface area contributed by atoms with E-state index in [1.807, 2.05) is 0 Å². The summed E-state index contributed by atoms with van der Waals surface area (Å²) in [6, 6.07) is 17.3. The summed E-state index contributed by atoms with van der Waals surface area (Å²) in [6.07, 6.45) is 11.4. The Kier molecular flexibility index (Phi) is 5.01. The minimum atomic E-state index is 1.03. The van der Waals surface area contributed by atoms with Crippen LogP contribution >= 0.6 is 0 Å². The molecule has 0 spiro atoms. The number of nitrogens with zero attached hydrogens (tertiary/aromatic N) is 2. The second kappa shape index (κ2) is 7.74. The highest BCUT2D eigenvalue weighted by molar-refractivity contribution is 5.92. The van der Waals surface area contributed by atoms with Crippen molar-refractivity contribution in [2.75, 3.05) is 18.0 Å². The minimum absolute atomic E-state index is 1.03. The van der Waals surface area contributed by atoms with E-state index in [2.05, 4.69) is 83.7 Å². The molecule has 0 atom stereocenters. The van der Waals surface area contributed by atoms with Gasteiger partial charge in [0.1, 0.15) is 0 Å². The molecule has 1 aliphatic rings. The van der Waals surface area contributed by atoms with Crippen molar-refractivity contribution in [1.29, 1.82) is 0 Å². The van der Waals surface area contributed by atoms with Crippen LogP contribution in [-0.4, -0.2) is 18.1 Å². The molecule has 132 valence electrons. The molecule has 0 bridgehead atoms. The summed E-state index contributed by atoms with van der Waals surface area (Å²) in [7, 11) is 0. The van der Waals surface area contributed by atoms with E-state index in [1.54, 1.807) is 0 Å². The molecule has 2 nitrogen and oxygen atoms in total. The van der Waals surface area contributed by atoms with Crippen molar-refractivity contribution in [2.45, 2.75) is 32.6 Å². The van der Waals surface area contributed by atoms with Gasteiger partial charge in [0.05, 0.1) is 5.69 Å². The molecule has 3 aromatic rings. The molecule has 1 saturated heterocycles. The molecule has 0 unspecified atom stereocenters. The van der Waals surface area contributed by atoms with Crippen LogP contribution in [0.4, 0.5) is 5.69 Å². The average molecular weight is 342 g/mol. The van der Waals surface area contributed by atoms with E-state index >= 15 is 0 Å². The molecule has 0 N–H and O–H groups in total. The summed E-state index contributed by atoms with van der Waals surface area (Å²) in [4.78, 5) is 7.23. The van der Waals surface area contributed by atoms with E-state index in [0.29, 0.717) is 0 Å². The number of aryl methyl sites for hydroxylation is 1. The van der Waals surface area contributed by atoms with E-state index in [9.17, 15) is 0 Å². The molecule has 4 rings (SSSR count). The van der Waals surface area contributed by atoms with E-state index in [-0.39, 0.29) is 0 Å².